The molecule has 0 bridgehead atoms. The van der Waals surface area contributed by atoms with Gasteiger partial charge in [-0.25, -0.2) is 0 Å². The Kier molecular flexibility index (Phi) is 4.37. The van der Waals surface area contributed by atoms with Gasteiger partial charge in [0, 0.05) is 19.1 Å². The van der Waals surface area contributed by atoms with Gasteiger partial charge in [-0.15, -0.1) is 0 Å². The van der Waals surface area contributed by atoms with Crippen molar-refractivity contribution in [1.82, 2.24) is 4.90 Å². The Morgan fingerprint density at radius 3 is 2.40 bits per heavy atom. The highest BCUT2D eigenvalue weighted by atomic mass is 35.5. The molecule has 20 heavy (non-hydrogen) atoms. The first-order valence-electron chi connectivity index (χ1n) is 7.78. The summed E-state index contributed by atoms with van der Waals surface area (Å²) in [6, 6.07) is 6.71. The maximum Gasteiger partial charge on any atom is 0.0741 e. The van der Waals surface area contributed by atoms with Gasteiger partial charge in [0.1, 0.15) is 0 Å². The van der Waals surface area contributed by atoms with Crippen LogP contribution in [0, 0.1) is 0 Å². The fraction of sp³-hybridized carbons (Fsp3) is 0.625. The van der Waals surface area contributed by atoms with Gasteiger partial charge in [-0.1, -0.05) is 24.1 Å². The van der Waals surface area contributed by atoms with Gasteiger partial charge in [0.15, 0.2) is 0 Å². The number of halogens is 1. The monoisotopic (exact) mass is 293 g/mol. The third-order valence-electron chi connectivity index (χ3n) is 4.74. The molecular formula is C16H24ClN3. The van der Waals surface area contributed by atoms with Crippen molar-refractivity contribution in [2.45, 2.75) is 38.1 Å². The lowest BCUT2D eigenvalue weighted by Crippen LogP contribution is -2.46. The Labute approximate surface area is 126 Å². The summed E-state index contributed by atoms with van der Waals surface area (Å²) in [6.45, 7) is 4.77. The second-order valence-corrected chi connectivity index (χ2v) is 6.39. The molecule has 2 N–H and O–H groups in total. The van der Waals surface area contributed by atoms with E-state index in [4.69, 9.17) is 17.3 Å². The number of hydrogen-bond donors (Lipinski definition) is 1. The van der Waals surface area contributed by atoms with Gasteiger partial charge < -0.3 is 15.5 Å². The molecule has 2 saturated heterocycles. The zero-order valence-corrected chi connectivity index (χ0v) is 12.8. The molecule has 1 aromatic rings. The lowest BCUT2D eigenvalue weighted by molar-refractivity contribution is 0.141. The van der Waals surface area contributed by atoms with Crippen LogP contribution in [0.4, 0.5) is 11.4 Å². The highest BCUT2D eigenvalue weighted by Gasteiger charge is 2.26. The number of para-hydroxylation sites is 1. The summed E-state index contributed by atoms with van der Waals surface area (Å²) in [5, 5.41) is 0.667. The lowest BCUT2D eigenvalue weighted by atomic mass is 9.99. The van der Waals surface area contributed by atoms with Gasteiger partial charge in [-0.3, -0.25) is 0 Å². The Morgan fingerprint density at radius 1 is 1.00 bits per heavy atom. The normalized spacial score (nSPS) is 22.1. The fourth-order valence-corrected chi connectivity index (χ4v) is 3.73. The average Bonchev–Trinajstić information content (AvgIpc) is 2.51. The Morgan fingerprint density at radius 2 is 1.70 bits per heavy atom. The summed E-state index contributed by atoms with van der Waals surface area (Å²) in [5.41, 5.74) is 7.94. The van der Waals surface area contributed by atoms with Gasteiger partial charge in [0.25, 0.3) is 0 Å². The van der Waals surface area contributed by atoms with Crippen LogP contribution in [-0.2, 0) is 0 Å². The molecule has 0 atom stereocenters. The molecule has 3 nitrogen and oxygen atoms in total. The highest BCUT2D eigenvalue weighted by molar-refractivity contribution is 6.33. The summed E-state index contributed by atoms with van der Waals surface area (Å²) in [5.74, 6) is 0. The molecule has 1 aromatic carbocycles. The van der Waals surface area contributed by atoms with E-state index in [2.05, 4.69) is 15.9 Å². The van der Waals surface area contributed by atoms with Crippen LogP contribution in [0.25, 0.3) is 0 Å². The van der Waals surface area contributed by atoms with Crippen molar-refractivity contribution in [1.29, 1.82) is 0 Å². The van der Waals surface area contributed by atoms with E-state index < -0.39 is 0 Å². The van der Waals surface area contributed by atoms with Crippen LogP contribution in [0.5, 0.6) is 0 Å². The van der Waals surface area contributed by atoms with Gasteiger partial charge in [0.2, 0.25) is 0 Å². The number of nitrogens with zero attached hydrogens (tertiary/aromatic N) is 2. The zero-order chi connectivity index (χ0) is 13.9. The minimum atomic E-state index is 0.667. The van der Waals surface area contributed by atoms with Crippen LogP contribution in [0.3, 0.4) is 0 Å². The minimum absolute atomic E-state index is 0.667. The second-order valence-electron chi connectivity index (χ2n) is 5.99. The summed E-state index contributed by atoms with van der Waals surface area (Å²) in [7, 11) is 0. The first-order valence-corrected chi connectivity index (χ1v) is 8.16. The van der Waals surface area contributed by atoms with Crippen LogP contribution >= 0.6 is 11.6 Å². The summed E-state index contributed by atoms with van der Waals surface area (Å²) in [6.07, 6.45) is 6.65. The number of rotatable bonds is 2. The molecule has 110 valence electrons. The van der Waals surface area contributed by atoms with E-state index in [1.54, 1.807) is 0 Å². The Balaban J connectivity index is 1.62. The van der Waals surface area contributed by atoms with Crippen LogP contribution in [-0.4, -0.2) is 37.1 Å². The number of nitrogens with two attached hydrogens (primary N) is 1. The topological polar surface area (TPSA) is 32.5 Å². The van der Waals surface area contributed by atoms with Crippen molar-refractivity contribution in [3.8, 4) is 0 Å². The summed E-state index contributed by atoms with van der Waals surface area (Å²) < 4.78 is 0. The fourth-order valence-electron chi connectivity index (χ4n) is 3.56. The molecule has 2 aliphatic rings. The number of piperidine rings is 2. The highest BCUT2D eigenvalue weighted by Crippen LogP contribution is 2.32. The summed E-state index contributed by atoms with van der Waals surface area (Å²) >= 11 is 6.12. The maximum atomic E-state index is 6.12. The number of benzene rings is 1. The predicted molar refractivity (Wildman–Crippen MR) is 86.5 cm³/mol. The zero-order valence-electron chi connectivity index (χ0n) is 12.0. The van der Waals surface area contributed by atoms with Gasteiger partial charge in [-0.2, -0.15) is 0 Å². The molecule has 0 aromatic heterocycles. The van der Waals surface area contributed by atoms with Crippen LogP contribution in [0.15, 0.2) is 18.2 Å². The van der Waals surface area contributed by atoms with Gasteiger partial charge in [0.05, 0.1) is 16.4 Å². The Hall–Kier alpha value is -0.930. The van der Waals surface area contributed by atoms with Gasteiger partial charge in [-0.05, 0) is 50.9 Å². The maximum absolute atomic E-state index is 6.12. The molecule has 0 radical (unpaired) electrons. The molecule has 2 aliphatic heterocycles. The molecule has 4 heteroatoms. The average molecular weight is 294 g/mol. The van der Waals surface area contributed by atoms with Crippen molar-refractivity contribution in [3.05, 3.63) is 23.2 Å². The number of anilines is 2. The van der Waals surface area contributed by atoms with Crippen molar-refractivity contribution in [2.75, 3.05) is 36.8 Å². The number of nitrogen functional groups attached to an aromatic ring is 1. The molecule has 0 spiro atoms. The number of hydrogen-bond acceptors (Lipinski definition) is 3. The van der Waals surface area contributed by atoms with Crippen LogP contribution in [0.2, 0.25) is 5.02 Å². The van der Waals surface area contributed by atoms with E-state index in [0.717, 1.165) is 30.5 Å². The van der Waals surface area contributed by atoms with E-state index in [9.17, 15) is 0 Å². The Bertz CT molecular complexity index is 449. The standard InChI is InChI=1S/C16H24ClN3/c17-14-5-4-6-15(16(14)18)20-11-7-13(8-12-20)19-9-2-1-3-10-19/h4-6,13H,1-3,7-12,18H2. The smallest absolute Gasteiger partial charge is 0.0741 e. The van der Waals surface area contributed by atoms with Crippen molar-refractivity contribution in [3.63, 3.8) is 0 Å². The third-order valence-corrected chi connectivity index (χ3v) is 5.07. The van der Waals surface area contributed by atoms with E-state index >= 15 is 0 Å². The molecule has 0 aliphatic carbocycles. The molecule has 0 amide bonds. The first-order chi connectivity index (χ1) is 9.75. The third kappa shape index (κ3) is 2.89. The molecule has 2 fully saturated rings. The molecule has 2 heterocycles. The second kappa shape index (κ2) is 6.23. The molecule has 3 rings (SSSR count). The summed E-state index contributed by atoms with van der Waals surface area (Å²) in [4.78, 5) is 5.09. The SMILES string of the molecule is Nc1c(Cl)cccc1N1CCC(N2CCCCC2)CC1. The van der Waals surface area contributed by atoms with Crippen molar-refractivity contribution in [2.24, 2.45) is 0 Å². The van der Waals surface area contributed by atoms with Gasteiger partial charge >= 0.3 is 0 Å². The van der Waals surface area contributed by atoms with E-state index in [-0.39, 0.29) is 0 Å². The van der Waals surface area contributed by atoms with Crippen LogP contribution < -0.4 is 10.6 Å². The van der Waals surface area contributed by atoms with Crippen molar-refractivity contribution >= 4 is 23.0 Å². The quantitative estimate of drug-likeness (QED) is 0.849. The van der Waals surface area contributed by atoms with Crippen LogP contribution in [0.1, 0.15) is 32.1 Å². The van der Waals surface area contributed by atoms with E-state index in [0.29, 0.717) is 5.02 Å². The predicted octanol–water partition coefficient (Wildman–Crippen LogP) is 3.38. The van der Waals surface area contributed by atoms with Crippen molar-refractivity contribution < 1.29 is 0 Å². The molecule has 0 saturated carbocycles. The van der Waals surface area contributed by atoms with E-state index in [1.807, 2.05) is 12.1 Å². The minimum Gasteiger partial charge on any atom is -0.396 e. The molecule has 0 unspecified atom stereocenters. The van der Waals surface area contributed by atoms with E-state index in [1.165, 1.54) is 45.2 Å². The lowest BCUT2D eigenvalue weighted by Gasteiger charge is -2.41. The molecular weight excluding hydrogens is 270 g/mol. The first kappa shape index (κ1) is 14.0. The number of likely N-dealkylation sites (tertiary alicyclic amines) is 1. The largest absolute Gasteiger partial charge is 0.396 e.